The third-order valence-corrected chi connectivity index (χ3v) is 15.8. The fraction of sp³-hybridized carbons (Fsp3) is 1.00. The smallest absolute Gasteiger partial charge is 0.116 e. The lowest BCUT2D eigenvalue weighted by Gasteiger charge is -2.35. The molecule has 0 aliphatic carbocycles. The third kappa shape index (κ3) is 51.5. The van der Waals surface area contributed by atoms with E-state index in [2.05, 4.69) is 20.8 Å². The number of likely N-dealkylation sites (N-methyl/N-ethyl adjacent to an activating group) is 2. The second-order valence-corrected chi connectivity index (χ2v) is 24.1. The molecule has 10 nitrogen and oxygen atoms in total. The predicted octanol–water partition coefficient (Wildman–Crippen LogP) is 13.6. The zero-order valence-corrected chi connectivity index (χ0v) is 46.4. The Kier molecular flexibility index (Phi) is 47.0. The van der Waals surface area contributed by atoms with Gasteiger partial charge in [0, 0.05) is 0 Å². The highest BCUT2D eigenvalue weighted by molar-refractivity contribution is 7.86. The first-order valence-electron chi connectivity index (χ1n) is 28.3. The molecule has 0 fully saturated rings. The lowest BCUT2D eigenvalue weighted by atomic mass is 10.0. The molecule has 2 N–H and O–H groups in total. The topological polar surface area (TPSA) is 155 Å². The quantitative estimate of drug-likeness (QED) is 0.0347. The van der Waals surface area contributed by atoms with Crippen LogP contribution >= 0.6 is 0 Å². The first kappa shape index (κ1) is 67.7. The number of unbranched alkanes of at least 4 members (excludes halogenated alkanes) is 36. The van der Waals surface area contributed by atoms with Gasteiger partial charge in [-0.3, -0.25) is 0 Å². The number of hydrogen-bond donors (Lipinski definition) is 2. The molecule has 0 aliphatic rings. The Morgan fingerprint density at radius 2 is 0.500 bits per heavy atom. The van der Waals surface area contributed by atoms with Crippen LogP contribution in [0.2, 0.25) is 0 Å². The molecule has 0 rings (SSSR count). The number of hydrogen-bond acceptors (Lipinski definition) is 8. The van der Waals surface area contributed by atoms with Crippen LogP contribution in [-0.4, -0.2) is 122 Å². The molecule has 0 saturated heterocycles. The molecule has 0 saturated carbocycles. The molecule has 0 amide bonds. The van der Waals surface area contributed by atoms with Crippen molar-refractivity contribution in [2.24, 2.45) is 0 Å². The highest BCUT2D eigenvalue weighted by Crippen LogP contribution is 2.18. The minimum Gasteiger partial charge on any atom is -0.748 e. The van der Waals surface area contributed by atoms with Crippen molar-refractivity contribution >= 4 is 20.2 Å². The second kappa shape index (κ2) is 45.8. The molecule has 0 aliphatic heterocycles. The fourth-order valence-corrected chi connectivity index (χ4v) is 10.6. The molecule has 0 aromatic rings. The van der Waals surface area contributed by atoms with Crippen molar-refractivity contribution in [2.45, 2.75) is 284 Å². The van der Waals surface area contributed by atoms with E-state index in [0.29, 0.717) is 22.1 Å². The van der Waals surface area contributed by atoms with Crippen molar-refractivity contribution in [3.05, 3.63) is 0 Å². The summed E-state index contributed by atoms with van der Waals surface area (Å²) in [6.45, 7) is 12.8. The predicted molar refractivity (Wildman–Crippen MR) is 281 cm³/mol. The van der Waals surface area contributed by atoms with Crippen molar-refractivity contribution < 1.29 is 45.1 Å². The summed E-state index contributed by atoms with van der Waals surface area (Å²) in [5.41, 5.74) is 0. The normalized spacial score (nSPS) is 14.9. The maximum Gasteiger partial charge on any atom is 0.116 e. The van der Waals surface area contributed by atoms with Crippen LogP contribution in [0.3, 0.4) is 0 Å². The number of quaternary nitrogens is 2. The molecule has 0 bridgehead atoms. The van der Waals surface area contributed by atoms with Gasteiger partial charge in [-0.05, 0) is 39.5 Å². The van der Waals surface area contributed by atoms with Gasteiger partial charge >= 0.3 is 0 Å². The van der Waals surface area contributed by atoms with Crippen LogP contribution in [0.1, 0.15) is 272 Å². The van der Waals surface area contributed by atoms with Crippen LogP contribution in [0.15, 0.2) is 0 Å². The Labute approximate surface area is 412 Å². The standard InChI is InChI=1S/C28H59NO4S.C26H55NO4S/c1-4-6-7-8-9-10-11-12-13-14-15-16-17-18-19-20-21-22-23-24-25-29(3,5-2)26-28(30)27-34(31,32)33;1-4-6-7-8-9-10-11-12-13-14-15-16-17-18-19-20-21-22-23-27(3,5-2)24-26(28)25-32(29,30)31/h28,30H,4-27H2,1-3H3;26,28H,4-25H2,1-3H3. The highest BCUT2D eigenvalue weighted by Gasteiger charge is 2.25. The molecular formula is C54H114N2O8S2. The molecule has 12 heteroatoms. The van der Waals surface area contributed by atoms with E-state index in [4.69, 9.17) is 0 Å². The van der Waals surface area contributed by atoms with Crippen LogP contribution in [0.4, 0.5) is 0 Å². The molecule has 0 aromatic carbocycles. The second-order valence-electron chi connectivity index (χ2n) is 21.2. The van der Waals surface area contributed by atoms with E-state index in [0.717, 1.165) is 39.0 Å². The number of aliphatic hydroxyl groups is 2. The average Bonchev–Trinajstić information content (AvgIpc) is 3.24. The van der Waals surface area contributed by atoms with Gasteiger partial charge in [0.05, 0.1) is 72.0 Å². The summed E-state index contributed by atoms with van der Waals surface area (Å²) in [5.74, 6) is -1.36. The van der Waals surface area contributed by atoms with E-state index in [1.807, 2.05) is 21.0 Å². The van der Waals surface area contributed by atoms with Gasteiger partial charge in [0.2, 0.25) is 0 Å². The Bertz CT molecular complexity index is 1240. The van der Waals surface area contributed by atoms with E-state index < -0.39 is 43.9 Å². The molecule has 66 heavy (non-hydrogen) atoms. The lowest BCUT2D eigenvalue weighted by molar-refractivity contribution is -0.910. The van der Waals surface area contributed by atoms with Crippen molar-refractivity contribution in [3.8, 4) is 0 Å². The van der Waals surface area contributed by atoms with E-state index in [1.54, 1.807) is 0 Å². The average molecular weight is 984 g/mol. The third-order valence-electron chi connectivity index (χ3n) is 14.2. The van der Waals surface area contributed by atoms with Gasteiger partial charge in [0.25, 0.3) is 0 Å². The Hall–Kier alpha value is -0.340. The summed E-state index contributed by atoms with van der Waals surface area (Å²) in [7, 11) is -4.66. The highest BCUT2D eigenvalue weighted by atomic mass is 32.2. The minimum atomic E-state index is -4.37. The van der Waals surface area contributed by atoms with Crippen molar-refractivity contribution in [3.63, 3.8) is 0 Å². The maximum atomic E-state index is 10.8. The Morgan fingerprint density at radius 3 is 0.652 bits per heavy atom. The summed E-state index contributed by atoms with van der Waals surface area (Å²) in [6.07, 6.45) is 49.6. The van der Waals surface area contributed by atoms with Crippen LogP contribution in [0, 0.1) is 0 Å². The number of rotatable bonds is 50. The van der Waals surface area contributed by atoms with Crippen molar-refractivity contribution in [1.82, 2.24) is 0 Å². The zero-order chi connectivity index (χ0) is 49.7. The van der Waals surface area contributed by atoms with Crippen LogP contribution in [0.5, 0.6) is 0 Å². The summed E-state index contributed by atoms with van der Waals surface area (Å²) < 4.78 is 66.3. The van der Waals surface area contributed by atoms with Gasteiger partial charge in [-0.2, -0.15) is 0 Å². The molecule has 0 heterocycles. The molecule has 4 atom stereocenters. The van der Waals surface area contributed by atoms with E-state index in [-0.39, 0.29) is 0 Å². The minimum absolute atomic E-state index is 0.330. The van der Waals surface area contributed by atoms with Gasteiger partial charge in [-0.1, -0.05) is 232 Å². The largest absolute Gasteiger partial charge is 0.748 e. The van der Waals surface area contributed by atoms with Gasteiger partial charge in [0.1, 0.15) is 25.3 Å². The molecule has 0 radical (unpaired) electrons. The van der Waals surface area contributed by atoms with Crippen molar-refractivity contribution in [2.75, 3.05) is 64.9 Å². The Morgan fingerprint density at radius 1 is 0.333 bits per heavy atom. The van der Waals surface area contributed by atoms with E-state index in [1.165, 1.54) is 231 Å². The molecule has 400 valence electrons. The SMILES string of the molecule is CCCCCCCCCCCCCCCCCCCCCC[N+](C)(CC)CC(O)CS(=O)(=O)[O-].CCCCCCCCCCCCCCCCCCCC[N+](C)(CC)CC(O)CS(=O)(=O)[O-]. The summed E-state index contributed by atoms with van der Waals surface area (Å²) in [6, 6.07) is 0. The maximum absolute atomic E-state index is 10.8. The van der Waals surface area contributed by atoms with Crippen LogP contribution in [0.25, 0.3) is 0 Å². The number of nitrogens with zero attached hydrogens (tertiary/aromatic N) is 2. The lowest BCUT2D eigenvalue weighted by Crippen LogP contribution is -2.50. The molecule has 0 aromatic heterocycles. The van der Waals surface area contributed by atoms with Crippen LogP contribution < -0.4 is 0 Å². The van der Waals surface area contributed by atoms with E-state index in [9.17, 15) is 36.2 Å². The van der Waals surface area contributed by atoms with Gasteiger partial charge in [0.15, 0.2) is 0 Å². The monoisotopic (exact) mass is 983 g/mol. The van der Waals surface area contributed by atoms with Crippen molar-refractivity contribution in [1.29, 1.82) is 0 Å². The first-order chi connectivity index (χ1) is 31.4. The van der Waals surface area contributed by atoms with Gasteiger partial charge in [-0.15, -0.1) is 0 Å². The zero-order valence-electron chi connectivity index (χ0n) is 44.7. The summed E-state index contributed by atoms with van der Waals surface area (Å²) in [4.78, 5) is 0. The Balaban J connectivity index is 0. The van der Waals surface area contributed by atoms with E-state index >= 15 is 0 Å². The molecular weight excluding hydrogens is 869 g/mol. The van der Waals surface area contributed by atoms with Crippen LogP contribution in [-0.2, 0) is 20.2 Å². The van der Waals surface area contributed by atoms with Gasteiger partial charge in [-0.25, -0.2) is 16.8 Å². The first-order valence-corrected chi connectivity index (χ1v) is 31.5. The summed E-state index contributed by atoms with van der Waals surface area (Å²) in [5, 5.41) is 19.8. The molecule has 0 spiro atoms. The fourth-order valence-electron chi connectivity index (χ4n) is 9.50. The number of aliphatic hydroxyl groups excluding tert-OH is 2. The van der Waals surface area contributed by atoms with Gasteiger partial charge < -0.3 is 28.3 Å². The molecule has 4 unspecified atom stereocenters. The summed E-state index contributed by atoms with van der Waals surface area (Å²) >= 11 is 0.